The Morgan fingerprint density at radius 2 is 1.90 bits per heavy atom. The predicted octanol–water partition coefficient (Wildman–Crippen LogP) is 1.29. The van der Waals surface area contributed by atoms with Gasteiger partial charge in [-0.15, -0.1) is 0 Å². The molecule has 7 heteroatoms. The number of nitrogens with one attached hydrogen (secondary N) is 2. The van der Waals surface area contributed by atoms with Crippen LogP contribution in [0.2, 0.25) is 5.02 Å². The van der Waals surface area contributed by atoms with E-state index in [4.69, 9.17) is 21.1 Å². The highest BCUT2D eigenvalue weighted by Crippen LogP contribution is 2.22. The maximum absolute atomic E-state index is 11.4. The van der Waals surface area contributed by atoms with Crippen molar-refractivity contribution < 1.29 is 19.1 Å². The van der Waals surface area contributed by atoms with E-state index in [0.29, 0.717) is 24.0 Å². The van der Waals surface area contributed by atoms with E-state index in [1.165, 1.54) is 0 Å². The normalized spacial score (nSPS) is 9.90. The second-order valence-electron chi connectivity index (χ2n) is 3.76. The molecular formula is C13H17ClN2O4. The van der Waals surface area contributed by atoms with E-state index in [1.807, 2.05) is 6.92 Å². The standard InChI is InChI=1S/C13H17ClN2O4/c1-2-19-8-7-12(17)15-16-13(18)9-20-11-6-4-3-5-10(11)14/h3-6H,2,7-9H2,1H3,(H,15,17)(H,16,18). The van der Waals surface area contributed by atoms with Crippen LogP contribution in [0.3, 0.4) is 0 Å². The zero-order valence-electron chi connectivity index (χ0n) is 11.1. The van der Waals surface area contributed by atoms with E-state index in [-0.39, 0.29) is 18.9 Å². The second-order valence-corrected chi connectivity index (χ2v) is 4.17. The number of carbonyl (C=O) groups is 2. The van der Waals surface area contributed by atoms with Gasteiger partial charge in [0.05, 0.1) is 18.1 Å². The van der Waals surface area contributed by atoms with E-state index in [9.17, 15) is 9.59 Å². The molecule has 0 radical (unpaired) electrons. The van der Waals surface area contributed by atoms with Gasteiger partial charge in [0.15, 0.2) is 6.61 Å². The van der Waals surface area contributed by atoms with Crippen LogP contribution in [0.5, 0.6) is 5.75 Å². The van der Waals surface area contributed by atoms with Crippen molar-refractivity contribution in [3.8, 4) is 5.75 Å². The maximum Gasteiger partial charge on any atom is 0.276 e. The summed E-state index contributed by atoms with van der Waals surface area (Å²) in [6, 6.07) is 6.81. The Morgan fingerprint density at radius 3 is 2.60 bits per heavy atom. The van der Waals surface area contributed by atoms with Gasteiger partial charge in [-0.1, -0.05) is 23.7 Å². The molecule has 1 rings (SSSR count). The largest absolute Gasteiger partial charge is 0.482 e. The summed E-state index contributed by atoms with van der Waals surface area (Å²) in [5.74, 6) is -0.397. The monoisotopic (exact) mass is 300 g/mol. The summed E-state index contributed by atoms with van der Waals surface area (Å²) in [5.41, 5.74) is 4.50. The van der Waals surface area contributed by atoms with E-state index in [1.54, 1.807) is 24.3 Å². The molecule has 0 unspecified atom stereocenters. The van der Waals surface area contributed by atoms with Crippen LogP contribution in [0.25, 0.3) is 0 Å². The summed E-state index contributed by atoms with van der Waals surface area (Å²) in [7, 11) is 0. The Labute approximate surface area is 122 Å². The van der Waals surface area contributed by atoms with Crippen LogP contribution in [-0.4, -0.2) is 31.6 Å². The minimum atomic E-state index is -0.477. The smallest absolute Gasteiger partial charge is 0.276 e. The number of para-hydroxylation sites is 1. The quantitative estimate of drug-likeness (QED) is 0.588. The third-order valence-corrected chi connectivity index (χ3v) is 2.53. The molecule has 0 spiro atoms. The van der Waals surface area contributed by atoms with Crippen molar-refractivity contribution in [3.05, 3.63) is 29.3 Å². The first-order valence-electron chi connectivity index (χ1n) is 6.16. The van der Waals surface area contributed by atoms with Crippen molar-refractivity contribution in [1.82, 2.24) is 10.9 Å². The Bertz CT molecular complexity index is 454. The molecule has 0 fully saturated rings. The summed E-state index contributed by atoms with van der Waals surface area (Å²) in [6.45, 7) is 2.46. The second kappa shape index (κ2) is 9.17. The zero-order valence-corrected chi connectivity index (χ0v) is 11.9. The van der Waals surface area contributed by atoms with Crippen LogP contribution in [-0.2, 0) is 14.3 Å². The molecule has 20 heavy (non-hydrogen) atoms. The van der Waals surface area contributed by atoms with Crippen LogP contribution in [0.1, 0.15) is 13.3 Å². The first-order chi connectivity index (χ1) is 9.63. The Morgan fingerprint density at radius 1 is 1.20 bits per heavy atom. The molecule has 6 nitrogen and oxygen atoms in total. The number of benzene rings is 1. The number of ether oxygens (including phenoxy) is 2. The van der Waals surface area contributed by atoms with E-state index in [0.717, 1.165) is 0 Å². The number of hydrogen-bond acceptors (Lipinski definition) is 4. The molecule has 0 aliphatic heterocycles. The minimum absolute atomic E-state index is 0.180. The van der Waals surface area contributed by atoms with Crippen molar-refractivity contribution in [2.45, 2.75) is 13.3 Å². The minimum Gasteiger partial charge on any atom is -0.482 e. The number of carbonyl (C=O) groups excluding carboxylic acids is 2. The van der Waals surface area contributed by atoms with Gasteiger partial charge in [-0.05, 0) is 19.1 Å². The highest BCUT2D eigenvalue weighted by Gasteiger charge is 2.07. The van der Waals surface area contributed by atoms with Gasteiger partial charge in [-0.3, -0.25) is 20.4 Å². The van der Waals surface area contributed by atoms with Gasteiger partial charge in [0.25, 0.3) is 5.91 Å². The molecule has 0 saturated heterocycles. The molecule has 0 bridgehead atoms. The van der Waals surface area contributed by atoms with E-state index >= 15 is 0 Å². The molecule has 0 aliphatic carbocycles. The molecule has 0 aromatic heterocycles. The van der Waals surface area contributed by atoms with E-state index in [2.05, 4.69) is 10.9 Å². The molecule has 0 atom stereocenters. The van der Waals surface area contributed by atoms with Crippen molar-refractivity contribution in [3.63, 3.8) is 0 Å². The molecule has 1 aromatic rings. The third-order valence-electron chi connectivity index (χ3n) is 2.21. The fourth-order valence-electron chi connectivity index (χ4n) is 1.25. The maximum atomic E-state index is 11.4. The van der Waals surface area contributed by atoms with Gasteiger partial charge in [0.1, 0.15) is 5.75 Å². The lowest BCUT2D eigenvalue weighted by Crippen LogP contribution is -2.44. The number of amides is 2. The number of hydrazine groups is 1. The summed E-state index contributed by atoms with van der Waals surface area (Å²) in [4.78, 5) is 22.7. The third kappa shape index (κ3) is 6.40. The van der Waals surface area contributed by atoms with Crippen LogP contribution < -0.4 is 15.6 Å². The molecule has 0 heterocycles. The lowest BCUT2D eigenvalue weighted by atomic mass is 10.3. The van der Waals surface area contributed by atoms with Crippen LogP contribution in [0, 0.1) is 0 Å². The van der Waals surface area contributed by atoms with Gasteiger partial charge >= 0.3 is 0 Å². The highest BCUT2D eigenvalue weighted by molar-refractivity contribution is 6.32. The average molecular weight is 301 g/mol. The molecule has 0 aliphatic rings. The summed E-state index contributed by atoms with van der Waals surface area (Å²) in [6.07, 6.45) is 0.180. The van der Waals surface area contributed by atoms with E-state index < -0.39 is 5.91 Å². The SMILES string of the molecule is CCOCCC(=O)NNC(=O)COc1ccccc1Cl. The number of rotatable bonds is 7. The molecular weight excluding hydrogens is 284 g/mol. The van der Waals surface area contributed by atoms with Gasteiger partial charge in [0, 0.05) is 6.61 Å². The Balaban J connectivity index is 2.21. The fraction of sp³-hybridized carbons (Fsp3) is 0.385. The summed E-state index contributed by atoms with van der Waals surface area (Å²) < 4.78 is 10.2. The van der Waals surface area contributed by atoms with Crippen molar-refractivity contribution in [2.24, 2.45) is 0 Å². The van der Waals surface area contributed by atoms with Crippen molar-refractivity contribution in [2.75, 3.05) is 19.8 Å². The molecule has 0 saturated carbocycles. The predicted molar refractivity (Wildman–Crippen MR) is 74.3 cm³/mol. The van der Waals surface area contributed by atoms with Gasteiger partial charge in [0.2, 0.25) is 5.91 Å². The molecule has 110 valence electrons. The lowest BCUT2D eigenvalue weighted by Gasteiger charge is -2.09. The Hall–Kier alpha value is -1.79. The van der Waals surface area contributed by atoms with Crippen LogP contribution >= 0.6 is 11.6 Å². The summed E-state index contributed by atoms with van der Waals surface area (Å²) in [5, 5.41) is 0.418. The number of hydrogen-bond donors (Lipinski definition) is 2. The molecule has 2 N–H and O–H groups in total. The Kier molecular flexibility index (Phi) is 7.46. The van der Waals surface area contributed by atoms with Gasteiger partial charge in [-0.25, -0.2) is 0 Å². The molecule has 2 amide bonds. The topological polar surface area (TPSA) is 76.7 Å². The zero-order chi connectivity index (χ0) is 14.8. The van der Waals surface area contributed by atoms with Crippen molar-refractivity contribution >= 4 is 23.4 Å². The first-order valence-corrected chi connectivity index (χ1v) is 6.54. The first kappa shape index (κ1) is 16.3. The molecule has 1 aromatic carbocycles. The van der Waals surface area contributed by atoms with Crippen LogP contribution in [0.4, 0.5) is 0 Å². The number of halogens is 1. The van der Waals surface area contributed by atoms with Gasteiger partial charge < -0.3 is 9.47 Å². The fourth-order valence-corrected chi connectivity index (χ4v) is 1.44. The van der Waals surface area contributed by atoms with Crippen molar-refractivity contribution in [1.29, 1.82) is 0 Å². The van der Waals surface area contributed by atoms with Crippen LogP contribution in [0.15, 0.2) is 24.3 Å². The summed E-state index contributed by atoms with van der Waals surface area (Å²) >= 11 is 5.87. The van der Waals surface area contributed by atoms with Gasteiger partial charge in [-0.2, -0.15) is 0 Å². The average Bonchev–Trinajstić information content (AvgIpc) is 2.44. The lowest BCUT2D eigenvalue weighted by molar-refractivity contribution is -0.130. The highest BCUT2D eigenvalue weighted by atomic mass is 35.5.